The zero-order chi connectivity index (χ0) is 17.7. The normalized spacial score (nSPS) is 37.0. The molecule has 8 N–H and O–H groups in total. The number of rotatable bonds is 8. The third kappa shape index (κ3) is 4.64. The molecular weight excluding hydrogens is 320 g/mol. The summed E-state index contributed by atoms with van der Waals surface area (Å²) >= 11 is 0. The number of ether oxygens (including phenoxy) is 2. The van der Waals surface area contributed by atoms with E-state index in [4.69, 9.17) is 19.7 Å². The van der Waals surface area contributed by atoms with Gasteiger partial charge in [0.15, 0.2) is 12.6 Å². The Balaban J connectivity index is 2.91. The van der Waals surface area contributed by atoms with Crippen molar-refractivity contribution in [2.75, 3.05) is 13.2 Å². The van der Waals surface area contributed by atoms with E-state index in [1.165, 1.54) is 0 Å². The van der Waals surface area contributed by atoms with Crippen molar-refractivity contribution in [2.45, 2.75) is 55.1 Å². The molecule has 11 nitrogen and oxygen atoms in total. The lowest BCUT2D eigenvalue weighted by Crippen LogP contribution is -2.61. The maximum atomic E-state index is 10.7. The van der Waals surface area contributed by atoms with Crippen LogP contribution in [0, 0.1) is 0 Å². The van der Waals surface area contributed by atoms with Crippen molar-refractivity contribution in [2.24, 2.45) is 0 Å². The van der Waals surface area contributed by atoms with Gasteiger partial charge in [-0.1, -0.05) is 0 Å². The van der Waals surface area contributed by atoms with E-state index in [1.54, 1.807) is 0 Å². The minimum absolute atomic E-state index is 0.0119. The molecule has 0 radical (unpaired) electrons. The van der Waals surface area contributed by atoms with Crippen LogP contribution in [0.4, 0.5) is 0 Å². The zero-order valence-electron chi connectivity index (χ0n) is 12.0. The molecular formula is C12H22O11. The summed E-state index contributed by atoms with van der Waals surface area (Å²) in [7, 11) is 0. The first-order valence-corrected chi connectivity index (χ1v) is 6.84. The molecule has 0 saturated carbocycles. The number of aldehydes is 1. The second-order valence-electron chi connectivity index (χ2n) is 5.17. The molecule has 0 bridgehead atoms. The Kier molecular flexibility index (Phi) is 7.89. The molecule has 0 aromatic carbocycles. The highest BCUT2D eigenvalue weighted by atomic mass is 16.7. The van der Waals surface area contributed by atoms with Crippen LogP contribution in [-0.4, -0.2) is 115 Å². The number of hydrogen-bond donors (Lipinski definition) is 8. The lowest BCUT2D eigenvalue weighted by molar-refractivity contribution is -0.324. The van der Waals surface area contributed by atoms with Gasteiger partial charge in [-0.2, -0.15) is 0 Å². The van der Waals surface area contributed by atoms with E-state index in [9.17, 15) is 35.4 Å². The topological polar surface area (TPSA) is 197 Å². The molecule has 136 valence electrons. The van der Waals surface area contributed by atoms with Crippen LogP contribution in [0.1, 0.15) is 0 Å². The number of aliphatic hydroxyl groups excluding tert-OH is 8. The lowest BCUT2D eigenvalue weighted by atomic mass is 9.98. The molecule has 0 aliphatic carbocycles. The molecule has 1 rings (SSSR count). The van der Waals surface area contributed by atoms with Crippen molar-refractivity contribution >= 4 is 6.29 Å². The quantitative estimate of drug-likeness (QED) is 0.196. The maximum Gasteiger partial charge on any atom is 0.187 e. The van der Waals surface area contributed by atoms with Crippen molar-refractivity contribution < 1.29 is 55.1 Å². The van der Waals surface area contributed by atoms with E-state index < -0.39 is 68.3 Å². The summed E-state index contributed by atoms with van der Waals surface area (Å²) in [6.07, 6.45) is -15.7. The van der Waals surface area contributed by atoms with Gasteiger partial charge in [0.25, 0.3) is 0 Å². The molecule has 23 heavy (non-hydrogen) atoms. The predicted molar refractivity (Wildman–Crippen MR) is 69.8 cm³/mol. The van der Waals surface area contributed by atoms with Gasteiger partial charge < -0.3 is 55.1 Å². The Morgan fingerprint density at radius 3 is 2.13 bits per heavy atom. The molecule has 1 saturated heterocycles. The first-order chi connectivity index (χ1) is 10.8. The van der Waals surface area contributed by atoms with Crippen molar-refractivity contribution in [3.05, 3.63) is 0 Å². The monoisotopic (exact) mass is 342 g/mol. The van der Waals surface area contributed by atoms with E-state index >= 15 is 0 Å². The standard InChI is InChI=1S/C12H22O11/c13-1-4(16)7(18)11(5(17)2-14)23-12-10(21)9(20)8(19)6(3-15)22-12/h2,4-13,15-21H,1,3H2/t4-,5+,6-,7+,8-,9+,10-,11-,12+/m1/s1. The highest BCUT2D eigenvalue weighted by molar-refractivity contribution is 5.56. The summed E-state index contributed by atoms with van der Waals surface area (Å²) in [5.74, 6) is 0. The summed E-state index contributed by atoms with van der Waals surface area (Å²) in [5.41, 5.74) is 0. The van der Waals surface area contributed by atoms with Gasteiger partial charge in [0, 0.05) is 0 Å². The van der Waals surface area contributed by atoms with Crippen LogP contribution in [-0.2, 0) is 14.3 Å². The van der Waals surface area contributed by atoms with Crippen LogP contribution < -0.4 is 0 Å². The van der Waals surface area contributed by atoms with E-state index in [2.05, 4.69) is 0 Å². The maximum absolute atomic E-state index is 10.7. The highest BCUT2D eigenvalue weighted by Crippen LogP contribution is 2.24. The average Bonchev–Trinajstić information content (AvgIpc) is 2.57. The Morgan fingerprint density at radius 1 is 1.04 bits per heavy atom. The zero-order valence-corrected chi connectivity index (χ0v) is 12.0. The summed E-state index contributed by atoms with van der Waals surface area (Å²) in [4.78, 5) is 10.7. The molecule has 1 fully saturated rings. The third-order valence-corrected chi connectivity index (χ3v) is 3.53. The summed E-state index contributed by atoms with van der Waals surface area (Å²) in [6, 6.07) is 0. The molecule has 0 aromatic rings. The van der Waals surface area contributed by atoms with Crippen LogP contribution in [0.5, 0.6) is 0 Å². The summed E-state index contributed by atoms with van der Waals surface area (Å²) in [5, 5.41) is 75.6. The fraction of sp³-hybridized carbons (Fsp3) is 0.917. The van der Waals surface area contributed by atoms with Gasteiger partial charge in [-0.25, -0.2) is 0 Å². The van der Waals surface area contributed by atoms with E-state index in [-0.39, 0.29) is 6.29 Å². The largest absolute Gasteiger partial charge is 0.394 e. The van der Waals surface area contributed by atoms with E-state index in [1.807, 2.05) is 0 Å². The Bertz CT molecular complexity index is 365. The van der Waals surface area contributed by atoms with Gasteiger partial charge >= 0.3 is 0 Å². The molecule has 11 heteroatoms. The molecule has 0 aromatic heterocycles. The van der Waals surface area contributed by atoms with Crippen molar-refractivity contribution in [1.82, 2.24) is 0 Å². The van der Waals surface area contributed by atoms with E-state index in [0.717, 1.165) is 0 Å². The smallest absolute Gasteiger partial charge is 0.187 e. The molecule has 1 heterocycles. The van der Waals surface area contributed by atoms with Gasteiger partial charge in [0.1, 0.15) is 48.8 Å². The number of hydrogen-bond acceptors (Lipinski definition) is 11. The number of carbonyl (C=O) groups is 1. The Labute approximate surface area is 130 Å². The van der Waals surface area contributed by atoms with Crippen LogP contribution in [0.3, 0.4) is 0 Å². The highest BCUT2D eigenvalue weighted by Gasteiger charge is 2.46. The van der Waals surface area contributed by atoms with Crippen molar-refractivity contribution in [1.29, 1.82) is 0 Å². The van der Waals surface area contributed by atoms with Gasteiger partial charge in [0.2, 0.25) is 0 Å². The fourth-order valence-corrected chi connectivity index (χ4v) is 2.10. The van der Waals surface area contributed by atoms with Crippen molar-refractivity contribution in [3.63, 3.8) is 0 Å². The average molecular weight is 342 g/mol. The first kappa shape index (κ1) is 20.3. The van der Waals surface area contributed by atoms with Gasteiger partial charge in [-0.3, -0.25) is 0 Å². The summed E-state index contributed by atoms with van der Waals surface area (Å²) < 4.78 is 10.0. The number of carbonyl (C=O) groups excluding carboxylic acids is 1. The van der Waals surface area contributed by atoms with Crippen LogP contribution in [0.25, 0.3) is 0 Å². The fourth-order valence-electron chi connectivity index (χ4n) is 2.10. The van der Waals surface area contributed by atoms with Gasteiger partial charge in [-0.05, 0) is 0 Å². The lowest BCUT2D eigenvalue weighted by Gasteiger charge is -2.41. The van der Waals surface area contributed by atoms with Crippen LogP contribution >= 0.6 is 0 Å². The molecule has 1 aliphatic heterocycles. The minimum atomic E-state index is -1.95. The van der Waals surface area contributed by atoms with E-state index in [0.29, 0.717) is 0 Å². The van der Waals surface area contributed by atoms with Crippen LogP contribution in [0.2, 0.25) is 0 Å². The minimum Gasteiger partial charge on any atom is -0.394 e. The van der Waals surface area contributed by atoms with Crippen LogP contribution in [0.15, 0.2) is 0 Å². The Hall–Kier alpha value is -0.730. The predicted octanol–water partition coefficient (Wildman–Crippen LogP) is -5.55. The SMILES string of the molecule is O=C[C@H](O)[C@@H](O[C@@H]1O[C@H](CO)[C@@H](O)[C@H](O)[C@H]1O)[C@@H](O)[C@H](O)CO. The third-order valence-electron chi connectivity index (χ3n) is 3.53. The molecule has 0 amide bonds. The molecule has 9 atom stereocenters. The molecule has 0 spiro atoms. The molecule has 1 aliphatic rings. The molecule has 0 unspecified atom stereocenters. The van der Waals surface area contributed by atoms with Gasteiger partial charge in [-0.15, -0.1) is 0 Å². The summed E-state index contributed by atoms with van der Waals surface area (Å²) in [6.45, 7) is -1.63. The number of aliphatic hydroxyl groups is 8. The van der Waals surface area contributed by atoms with Crippen molar-refractivity contribution in [3.8, 4) is 0 Å². The first-order valence-electron chi connectivity index (χ1n) is 6.84. The second-order valence-corrected chi connectivity index (χ2v) is 5.17. The Morgan fingerprint density at radius 2 is 1.65 bits per heavy atom. The van der Waals surface area contributed by atoms with Gasteiger partial charge in [0.05, 0.1) is 13.2 Å². The second kappa shape index (κ2) is 8.94.